The summed E-state index contributed by atoms with van der Waals surface area (Å²) >= 11 is 0. The van der Waals surface area contributed by atoms with Crippen LogP contribution in [-0.2, 0) is 5.54 Å². The molecule has 1 spiro atoms. The molecule has 6 nitrogen and oxygen atoms in total. The zero-order chi connectivity index (χ0) is 20.1. The summed E-state index contributed by atoms with van der Waals surface area (Å²) in [5.74, 6) is 0. The summed E-state index contributed by atoms with van der Waals surface area (Å²) in [6, 6.07) is 14.8. The standard InChI is InChI=1S/C23H27N5O/c1-27(2)23(18-6-4-3-5-7-18)11-9-22(10-12-23)16-28(21(29)26-22)19-14-17-8-13-24-20(17)25-15-19/h3-8,13-15H,9-12,16H2,1-2H3,(H,24,25)(H,26,29)/t22-,23+. The third-order valence-electron chi connectivity index (χ3n) is 6.98. The Bertz CT molecular complexity index is 1030. The third-order valence-corrected chi connectivity index (χ3v) is 6.98. The Balaban J connectivity index is 1.38. The number of pyridine rings is 1. The van der Waals surface area contributed by atoms with E-state index in [2.05, 4.69) is 64.6 Å². The largest absolute Gasteiger partial charge is 0.346 e. The van der Waals surface area contributed by atoms with E-state index in [9.17, 15) is 4.79 Å². The van der Waals surface area contributed by atoms with Crippen molar-refractivity contribution in [3.05, 3.63) is 60.4 Å². The maximum absolute atomic E-state index is 12.9. The molecule has 1 saturated heterocycles. The Kier molecular flexibility index (Phi) is 4.13. The first-order chi connectivity index (χ1) is 14.0. The fraction of sp³-hybridized carbons (Fsp3) is 0.391. The molecule has 2 fully saturated rings. The predicted molar refractivity (Wildman–Crippen MR) is 115 cm³/mol. The van der Waals surface area contributed by atoms with E-state index >= 15 is 0 Å². The van der Waals surface area contributed by atoms with Gasteiger partial charge in [0.2, 0.25) is 0 Å². The number of aromatic nitrogens is 2. The van der Waals surface area contributed by atoms with Crippen LogP contribution < -0.4 is 10.2 Å². The van der Waals surface area contributed by atoms with E-state index in [1.54, 1.807) is 6.20 Å². The van der Waals surface area contributed by atoms with Crippen LogP contribution in [0.15, 0.2) is 54.9 Å². The molecule has 5 rings (SSSR count). The van der Waals surface area contributed by atoms with Gasteiger partial charge in [-0.25, -0.2) is 9.78 Å². The molecule has 0 atom stereocenters. The van der Waals surface area contributed by atoms with E-state index in [1.165, 1.54) is 5.56 Å². The molecule has 0 radical (unpaired) electrons. The molecular formula is C23H27N5O. The fourth-order valence-corrected chi connectivity index (χ4v) is 5.16. The van der Waals surface area contributed by atoms with Crippen LogP contribution in [0.2, 0.25) is 0 Å². The smallest absolute Gasteiger partial charge is 0.322 e. The molecule has 2 amide bonds. The van der Waals surface area contributed by atoms with Crippen molar-refractivity contribution in [3.63, 3.8) is 0 Å². The lowest BCUT2D eigenvalue weighted by Crippen LogP contribution is -2.54. The topological polar surface area (TPSA) is 64.3 Å². The molecule has 150 valence electrons. The molecule has 2 N–H and O–H groups in total. The minimum atomic E-state index is -0.168. The van der Waals surface area contributed by atoms with E-state index in [1.807, 2.05) is 23.2 Å². The van der Waals surface area contributed by atoms with Crippen LogP contribution in [0.1, 0.15) is 31.2 Å². The van der Waals surface area contributed by atoms with Crippen LogP contribution in [0, 0.1) is 0 Å². The van der Waals surface area contributed by atoms with Gasteiger partial charge in [0, 0.05) is 17.1 Å². The second-order valence-electron chi connectivity index (χ2n) is 8.70. The van der Waals surface area contributed by atoms with Crippen LogP contribution in [0.5, 0.6) is 0 Å². The van der Waals surface area contributed by atoms with Gasteiger partial charge in [0.1, 0.15) is 5.65 Å². The lowest BCUT2D eigenvalue weighted by molar-refractivity contribution is 0.0658. The highest BCUT2D eigenvalue weighted by Crippen LogP contribution is 2.46. The van der Waals surface area contributed by atoms with Crippen molar-refractivity contribution in [1.82, 2.24) is 20.2 Å². The number of hydrogen-bond donors (Lipinski definition) is 2. The highest BCUT2D eigenvalue weighted by molar-refractivity contribution is 5.96. The summed E-state index contributed by atoms with van der Waals surface area (Å²) in [6.07, 6.45) is 7.62. The van der Waals surface area contributed by atoms with E-state index in [0.29, 0.717) is 6.54 Å². The Morgan fingerprint density at radius 2 is 1.83 bits per heavy atom. The van der Waals surface area contributed by atoms with Gasteiger partial charge in [0.05, 0.1) is 24.0 Å². The van der Waals surface area contributed by atoms with Gasteiger partial charge in [0.15, 0.2) is 0 Å². The molecule has 3 heterocycles. The number of carbonyl (C=O) groups is 1. The molecule has 29 heavy (non-hydrogen) atoms. The number of rotatable bonds is 3. The van der Waals surface area contributed by atoms with Crippen LogP contribution in [0.3, 0.4) is 0 Å². The number of aromatic amines is 1. The molecular weight excluding hydrogens is 362 g/mol. The second-order valence-corrected chi connectivity index (χ2v) is 8.70. The maximum Gasteiger partial charge on any atom is 0.322 e. The molecule has 1 aromatic carbocycles. The number of carbonyl (C=O) groups excluding carboxylic acids is 1. The first-order valence-corrected chi connectivity index (χ1v) is 10.3. The number of H-pyrrole nitrogens is 1. The zero-order valence-electron chi connectivity index (χ0n) is 17.0. The molecule has 0 unspecified atom stereocenters. The minimum Gasteiger partial charge on any atom is -0.346 e. The Morgan fingerprint density at radius 3 is 2.55 bits per heavy atom. The van der Waals surface area contributed by atoms with Crippen molar-refractivity contribution in [3.8, 4) is 0 Å². The summed E-state index contributed by atoms with van der Waals surface area (Å²) in [5, 5.41) is 4.34. The van der Waals surface area contributed by atoms with Crippen molar-refractivity contribution in [1.29, 1.82) is 0 Å². The average Bonchev–Trinajstić information content (AvgIpc) is 3.33. The van der Waals surface area contributed by atoms with Gasteiger partial charge in [-0.05, 0) is 57.5 Å². The Labute approximate surface area is 170 Å². The zero-order valence-corrected chi connectivity index (χ0v) is 17.0. The van der Waals surface area contributed by atoms with Crippen molar-refractivity contribution in [2.24, 2.45) is 0 Å². The lowest BCUT2D eigenvalue weighted by atomic mass is 9.69. The van der Waals surface area contributed by atoms with Crippen LogP contribution in [0.4, 0.5) is 10.5 Å². The summed E-state index contributed by atoms with van der Waals surface area (Å²) in [7, 11) is 4.34. The van der Waals surface area contributed by atoms with Gasteiger partial charge >= 0.3 is 6.03 Å². The lowest BCUT2D eigenvalue weighted by Gasteiger charge is -2.48. The van der Waals surface area contributed by atoms with Gasteiger partial charge in [0.25, 0.3) is 0 Å². The molecule has 6 heteroatoms. The molecule has 3 aromatic rings. The van der Waals surface area contributed by atoms with Crippen LogP contribution >= 0.6 is 0 Å². The van der Waals surface area contributed by atoms with Crippen molar-refractivity contribution >= 4 is 22.8 Å². The SMILES string of the molecule is CN(C)[C@]1(c2ccccc2)CC[C@]2(CC1)CN(c1cnc3[nH]ccc3c1)C(=O)N2. The second kappa shape index (κ2) is 6.59. The van der Waals surface area contributed by atoms with Crippen molar-refractivity contribution in [2.75, 3.05) is 25.5 Å². The molecule has 1 aliphatic heterocycles. The first-order valence-electron chi connectivity index (χ1n) is 10.3. The fourth-order valence-electron chi connectivity index (χ4n) is 5.16. The normalized spacial score (nSPS) is 27.1. The molecule has 1 aliphatic carbocycles. The summed E-state index contributed by atoms with van der Waals surface area (Å²) < 4.78 is 0. The first kappa shape index (κ1) is 18.2. The Morgan fingerprint density at radius 1 is 1.07 bits per heavy atom. The number of benzene rings is 1. The number of anilines is 1. The number of hydrogen-bond acceptors (Lipinski definition) is 3. The molecule has 1 saturated carbocycles. The van der Waals surface area contributed by atoms with Gasteiger partial charge in [-0.1, -0.05) is 30.3 Å². The highest BCUT2D eigenvalue weighted by Gasteiger charge is 2.50. The number of amides is 2. The van der Waals surface area contributed by atoms with E-state index < -0.39 is 0 Å². The minimum absolute atomic E-state index is 0.0150. The van der Waals surface area contributed by atoms with Gasteiger partial charge in [-0.2, -0.15) is 0 Å². The maximum atomic E-state index is 12.9. The van der Waals surface area contributed by atoms with E-state index in [4.69, 9.17) is 0 Å². The number of fused-ring (bicyclic) bond motifs is 1. The number of nitrogens with one attached hydrogen (secondary N) is 2. The quantitative estimate of drug-likeness (QED) is 0.715. The number of nitrogens with zero attached hydrogens (tertiary/aromatic N) is 3. The van der Waals surface area contributed by atoms with Crippen LogP contribution in [-0.4, -0.2) is 47.1 Å². The van der Waals surface area contributed by atoms with Crippen LogP contribution in [0.25, 0.3) is 11.0 Å². The monoisotopic (exact) mass is 389 g/mol. The molecule has 2 aromatic heterocycles. The third kappa shape index (κ3) is 2.90. The van der Waals surface area contributed by atoms with Gasteiger partial charge in [-0.3, -0.25) is 9.80 Å². The summed E-state index contributed by atoms with van der Waals surface area (Å²) in [6.45, 7) is 0.696. The highest BCUT2D eigenvalue weighted by atomic mass is 16.2. The average molecular weight is 390 g/mol. The van der Waals surface area contributed by atoms with E-state index in [-0.39, 0.29) is 17.1 Å². The van der Waals surface area contributed by atoms with E-state index in [0.717, 1.165) is 42.4 Å². The molecule has 0 bridgehead atoms. The molecule has 2 aliphatic rings. The van der Waals surface area contributed by atoms with Gasteiger partial charge in [-0.15, -0.1) is 0 Å². The van der Waals surface area contributed by atoms with Crippen molar-refractivity contribution in [2.45, 2.75) is 36.8 Å². The van der Waals surface area contributed by atoms with Gasteiger partial charge < -0.3 is 10.3 Å². The Hall–Kier alpha value is -2.86. The predicted octanol–water partition coefficient (Wildman–Crippen LogP) is 3.86. The van der Waals surface area contributed by atoms with Crippen molar-refractivity contribution < 1.29 is 4.79 Å². The summed E-state index contributed by atoms with van der Waals surface area (Å²) in [5.41, 5.74) is 2.93. The summed E-state index contributed by atoms with van der Waals surface area (Å²) in [4.78, 5) is 24.6. The number of urea groups is 1.